The zero-order valence-corrected chi connectivity index (χ0v) is 19.0. The summed E-state index contributed by atoms with van der Waals surface area (Å²) < 4.78 is 14.2. The van der Waals surface area contributed by atoms with E-state index in [1.807, 2.05) is 0 Å². The second kappa shape index (κ2) is 8.82. The smallest absolute Gasteiger partial charge is 0.209 e. The number of Topliss-reactive ketones (excluding diaryl/α,β-unsaturated/α-hetero) is 1. The fourth-order valence-corrected chi connectivity index (χ4v) is 5.85. The van der Waals surface area contributed by atoms with E-state index in [0.29, 0.717) is 47.0 Å². The molecule has 2 aromatic heterocycles. The van der Waals surface area contributed by atoms with Crippen LogP contribution in [-0.4, -0.2) is 51.0 Å². The predicted molar refractivity (Wildman–Crippen MR) is 119 cm³/mol. The van der Waals surface area contributed by atoms with Gasteiger partial charge in [-0.3, -0.25) is 9.59 Å². The van der Waals surface area contributed by atoms with Gasteiger partial charge >= 0.3 is 0 Å². The van der Waals surface area contributed by atoms with Crippen LogP contribution in [0.5, 0.6) is 0 Å². The molecular formula is C21H19ClFN3O3S2. The van der Waals surface area contributed by atoms with Crippen molar-refractivity contribution >= 4 is 57.8 Å². The molecule has 0 unspecified atom stereocenters. The molecule has 1 saturated heterocycles. The van der Waals surface area contributed by atoms with Crippen molar-refractivity contribution in [3.63, 3.8) is 0 Å². The lowest BCUT2D eigenvalue weighted by molar-refractivity contribution is -0.122. The predicted octanol–water partition coefficient (Wildman–Crippen LogP) is 4.21. The van der Waals surface area contributed by atoms with E-state index in [1.165, 1.54) is 29.2 Å². The van der Waals surface area contributed by atoms with Crippen LogP contribution in [0, 0.1) is 12.7 Å². The van der Waals surface area contributed by atoms with Crippen molar-refractivity contribution in [2.24, 2.45) is 0 Å². The molecule has 0 atom stereocenters. The van der Waals surface area contributed by atoms with Crippen LogP contribution in [0.3, 0.4) is 0 Å². The minimum Gasteiger partial charge on any atom is -0.384 e. The van der Waals surface area contributed by atoms with E-state index in [1.54, 1.807) is 30.0 Å². The first kappa shape index (κ1) is 22.1. The number of fused-ring (bicyclic) bond motifs is 1. The van der Waals surface area contributed by atoms with Crippen LogP contribution in [0.15, 0.2) is 29.3 Å². The van der Waals surface area contributed by atoms with Crippen molar-refractivity contribution in [1.82, 2.24) is 14.9 Å². The standard InChI is InChI=1S/C21H19ClFN3O3S2/c1-12-24-19-14(8-13(22)9-15(19)23)20(25-12)30-10-16(28)17-2-3-18(31-17)21(29)4-6-26(11-27)7-5-21/h2-3,8-9,11,29H,4-7,10H2,1H3. The van der Waals surface area contributed by atoms with Crippen LogP contribution < -0.4 is 0 Å². The molecule has 1 aliphatic rings. The molecule has 6 nitrogen and oxygen atoms in total. The number of likely N-dealkylation sites (tertiary alicyclic amines) is 1. The van der Waals surface area contributed by atoms with Crippen molar-refractivity contribution in [2.75, 3.05) is 18.8 Å². The van der Waals surface area contributed by atoms with E-state index in [0.717, 1.165) is 11.3 Å². The molecule has 1 amide bonds. The molecule has 0 saturated carbocycles. The van der Waals surface area contributed by atoms with Gasteiger partial charge in [0.05, 0.1) is 10.6 Å². The number of aliphatic hydroxyl groups is 1. The van der Waals surface area contributed by atoms with Crippen LogP contribution in [0.4, 0.5) is 4.39 Å². The third-order valence-electron chi connectivity index (χ3n) is 5.25. The monoisotopic (exact) mass is 479 g/mol. The third-order valence-corrected chi connectivity index (χ3v) is 7.78. The minimum atomic E-state index is -1.02. The minimum absolute atomic E-state index is 0.108. The van der Waals surface area contributed by atoms with Gasteiger partial charge in [-0.25, -0.2) is 14.4 Å². The number of hydrogen-bond donors (Lipinski definition) is 1. The van der Waals surface area contributed by atoms with Crippen molar-refractivity contribution in [3.8, 4) is 0 Å². The van der Waals surface area contributed by atoms with E-state index >= 15 is 0 Å². The Labute approximate surface area is 191 Å². The second-order valence-electron chi connectivity index (χ2n) is 7.41. The van der Waals surface area contributed by atoms with Gasteiger partial charge in [0.2, 0.25) is 6.41 Å². The van der Waals surface area contributed by atoms with Gasteiger partial charge in [-0.2, -0.15) is 0 Å². The van der Waals surface area contributed by atoms with Crippen molar-refractivity contribution < 1.29 is 19.1 Å². The molecule has 0 bridgehead atoms. The summed E-state index contributed by atoms with van der Waals surface area (Å²) in [5.41, 5.74) is -0.849. The van der Waals surface area contributed by atoms with E-state index in [9.17, 15) is 19.1 Å². The Bertz CT molecular complexity index is 1160. The molecule has 0 aliphatic carbocycles. The Kier molecular flexibility index (Phi) is 6.30. The zero-order chi connectivity index (χ0) is 22.2. The quantitative estimate of drug-likeness (QED) is 0.247. The zero-order valence-electron chi connectivity index (χ0n) is 16.6. The van der Waals surface area contributed by atoms with Crippen LogP contribution in [-0.2, 0) is 10.4 Å². The number of amides is 1. The molecule has 1 fully saturated rings. The maximum absolute atomic E-state index is 14.2. The summed E-state index contributed by atoms with van der Waals surface area (Å²) in [6, 6.07) is 6.29. The molecule has 1 N–H and O–H groups in total. The van der Waals surface area contributed by atoms with Crippen LogP contribution >= 0.6 is 34.7 Å². The number of thioether (sulfide) groups is 1. The Morgan fingerprint density at radius 1 is 1.35 bits per heavy atom. The largest absolute Gasteiger partial charge is 0.384 e. The first-order chi connectivity index (χ1) is 14.8. The Hall–Kier alpha value is -2.07. The lowest BCUT2D eigenvalue weighted by atomic mass is 9.90. The van der Waals surface area contributed by atoms with Crippen LogP contribution in [0.25, 0.3) is 10.9 Å². The number of piperidine rings is 1. The summed E-state index contributed by atoms with van der Waals surface area (Å²) in [6.45, 7) is 2.63. The van der Waals surface area contributed by atoms with Crippen LogP contribution in [0.1, 0.15) is 33.2 Å². The van der Waals surface area contributed by atoms with Gasteiger partial charge in [0.1, 0.15) is 22.0 Å². The van der Waals surface area contributed by atoms with Crippen molar-refractivity contribution in [1.29, 1.82) is 0 Å². The molecule has 1 aliphatic heterocycles. The molecule has 0 spiro atoms. The van der Waals surface area contributed by atoms with Gasteiger partial charge in [0.25, 0.3) is 0 Å². The average molecular weight is 480 g/mol. The number of thiophene rings is 1. The Balaban J connectivity index is 1.50. The van der Waals surface area contributed by atoms with E-state index in [2.05, 4.69) is 9.97 Å². The van der Waals surface area contributed by atoms with E-state index < -0.39 is 11.4 Å². The molecule has 1 aromatic carbocycles. The van der Waals surface area contributed by atoms with Crippen LogP contribution in [0.2, 0.25) is 5.02 Å². The number of halogens is 2. The highest BCUT2D eigenvalue weighted by atomic mass is 35.5. The number of rotatable bonds is 6. The van der Waals surface area contributed by atoms with E-state index in [4.69, 9.17) is 11.6 Å². The lowest BCUT2D eigenvalue weighted by Gasteiger charge is -2.35. The van der Waals surface area contributed by atoms with Gasteiger partial charge < -0.3 is 10.0 Å². The number of benzene rings is 1. The van der Waals surface area contributed by atoms with Crippen molar-refractivity contribution in [3.05, 3.63) is 50.7 Å². The van der Waals surface area contributed by atoms with Gasteiger partial charge in [-0.15, -0.1) is 11.3 Å². The van der Waals surface area contributed by atoms with Gasteiger partial charge in [0.15, 0.2) is 11.6 Å². The summed E-state index contributed by atoms with van der Waals surface area (Å²) in [4.78, 5) is 35.1. The number of aromatic nitrogens is 2. The highest BCUT2D eigenvalue weighted by molar-refractivity contribution is 8.00. The molecule has 3 aromatic rings. The summed E-state index contributed by atoms with van der Waals surface area (Å²) >= 11 is 8.46. The Morgan fingerprint density at radius 3 is 2.81 bits per heavy atom. The molecule has 162 valence electrons. The SMILES string of the molecule is Cc1nc(SCC(=O)c2ccc(C3(O)CCN(C=O)CC3)s2)c2cc(Cl)cc(F)c2n1. The summed E-state index contributed by atoms with van der Waals surface area (Å²) in [7, 11) is 0. The second-order valence-corrected chi connectivity index (χ2v) is 9.89. The highest BCUT2D eigenvalue weighted by Crippen LogP contribution is 2.37. The number of ketones is 1. The summed E-state index contributed by atoms with van der Waals surface area (Å²) in [5, 5.41) is 12.1. The van der Waals surface area contributed by atoms with Gasteiger partial charge in [-0.05, 0) is 44.0 Å². The number of nitrogens with zero attached hydrogens (tertiary/aromatic N) is 3. The molecular weight excluding hydrogens is 461 g/mol. The molecule has 0 radical (unpaired) electrons. The highest BCUT2D eigenvalue weighted by Gasteiger charge is 2.35. The fourth-order valence-electron chi connectivity index (χ4n) is 3.54. The van der Waals surface area contributed by atoms with Gasteiger partial charge in [0, 0.05) is 28.4 Å². The molecule has 4 rings (SSSR count). The van der Waals surface area contributed by atoms with Gasteiger partial charge in [-0.1, -0.05) is 23.4 Å². The molecule has 3 heterocycles. The Morgan fingerprint density at radius 2 is 2.10 bits per heavy atom. The first-order valence-electron chi connectivity index (χ1n) is 9.60. The molecule has 31 heavy (non-hydrogen) atoms. The lowest BCUT2D eigenvalue weighted by Crippen LogP contribution is -2.41. The number of carbonyl (C=O) groups is 2. The first-order valence-corrected chi connectivity index (χ1v) is 11.8. The number of aryl methyl sites for hydroxylation is 1. The number of hydrogen-bond acceptors (Lipinski definition) is 7. The summed E-state index contributed by atoms with van der Waals surface area (Å²) in [5.74, 6) is -0.122. The average Bonchev–Trinajstić information content (AvgIpc) is 3.24. The normalized spacial score (nSPS) is 15.9. The maximum atomic E-state index is 14.2. The fraction of sp³-hybridized carbons (Fsp3) is 0.333. The number of carbonyl (C=O) groups excluding carboxylic acids is 2. The molecule has 10 heteroatoms. The third kappa shape index (κ3) is 4.59. The van der Waals surface area contributed by atoms with E-state index in [-0.39, 0.29) is 22.1 Å². The topological polar surface area (TPSA) is 83.4 Å². The summed E-state index contributed by atoms with van der Waals surface area (Å²) in [6.07, 6.45) is 1.66. The van der Waals surface area contributed by atoms with Crippen molar-refractivity contribution in [2.45, 2.75) is 30.4 Å². The maximum Gasteiger partial charge on any atom is 0.209 e.